The minimum atomic E-state index is 0.324. The van der Waals surface area contributed by atoms with Gasteiger partial charge in [0.15, 0.2) is 0 Å². The molecule has 1 saturated heterocycles. The molecular weight excluding hydrogens is 234 g/mol. The number of hydrogen-bond donors (Lipinski definition) is 1. The van der Waals surface area contributed by atoms with Crippen LogP contribution in [0, 0.1) is 0 Å². The lowest BCUT2D eigenvalue weighted by molar-refractivity contribution is 0.174. The van der Waals surface area contributed by atoms with Crippen molar-refractivity contribution in [3.8, 4) is 0 Å². The summed E-state index contributed by atoms with van der Waals surface area (Å²) in [6, 6.07) is 2.34. The van der Waals surface area contributed by atoms with Crippen LogP contribution in [0.15, 0.2) is 31.1 Å². The monoisotopic (exact) mass is 251 g/mol. The maximum Gasteiger partial charge on any atom is 0.0637 e. The number of nitrogens with one attached hydrogen (secondary N) is 1. The van der Waals surface area contributed by atoms with Crippen LogP contribution < -0.4 is 5.32 Å². The van der Waals surface area contributed by atoms with Crippen LogP contribution in [0.5, 0.6) is 0 Å². The molecule has 0 spiro atoms. The second kappa shape index (κ2) is 6.15. The van der Waals surface area contributed by atoms with Gasteiger partial charge in [0, 0.05) is 44.6 Å². The number of hydrogen-bond acceptors (Lipinski definition) is 3. The fourth-order valence-electron chi connectivity index (χ4n) is 2.28. The summed E-state index contributed by atoms with van der Waals surface area (Å²) >= 11 is 6.23. The Morgan fingerprint density at radius 2 is 2.29 bits per heavy atom. The number of aromatic nitrogens is 1. The standard InChI is InChI=1S/C13H18ClN3/c1-2-3-13(17-8-6-15-7-9-17)11-4-5-16-10-12(11)14/h2,4-5,10,13,15H,1,3,6-9H2/t13-/m1/s1. The molecule has 0 amide bonds. The lowest BCUT2D eigenvalue weighted by Crippen LogP contribution is -2.45. The molecule has 0 aliphatic carbocycles. The van der Waals surface area contributed by atoms with E-state index in [4.69, 9.17) is 11.6 Å². The molecule has 1 aromatic rings. The zero-order chi connectivity index (χ0) is 12.1. The highest BCUT2D eigenvalue weighted by Gasteiger charge is 2.22. The maximum absolute atomic E-state index is 6.23. The fourth-order valence-corrected chi connectivity index (χ4v) is 2.53. The lowest BCUT2D eigenvalue weighted by Gasteiger charge is -2.35. The van der Waals surface area contributed by atoms with Crippen molar-refractivity contribution in [2.45, 2.75) is 12.5 Å². The van der Waals surface area contributed by atoms with Crippen molar-refractivity contribution in [1.29, 1.82) is 0 Å². The predicted octanol–water partition coefficient (Wildman–Crippen LogP) is 2.26. The molecule has 1 aliphatic rings. The summed E-state index contributed by atoms with van der Waals surface area (Å²) < 4.78 is 0. The van der Waals surface area contributed by atoms with E-state index in [2.05, 4.69) is 21.8 Å². The molecule has 3 nitrogen and oxygen atoms in total. The van der Waals surface area contributed by atoms with Crippen LogP contribution in [-0.2, 0) is 0 Å². The third-order valence-electron chi connectivity index (χ3n) is 3.15. The van der Waals surface area contributed by atoms with Crippen molar-refractivity contribution in [2.75, 3.05) is 26.2 Å². The summed E-state index contributed by atoms with van der Waals surface area (Å²) in [6.45, 7) is 8.03. The van der Waals surface area contributed by atoms with E-state index in [0.717, 1.165) is 43.2 Å². The van der Waals surface area contributed by atoms with Crippen molar-refractivity contribution < 1.29 is 0 Å². The lowest BCUT2D eigenvalue weighted by atomic mass is 10.0. The summed E-state index contributed by atoms with van der Waals surface area (Å²) in [7, 11) is 0. The van der Waals surface area contributed by atoms with E-state index in [-0.39, 0.29) is 0 Å². The molecule has 1 fully saturated rings. The first-order chi connectivity index (χ1) is 8.33. The molecule has 0 saturated carbocycles. The molecule has 2 rings (SSSR count). The average molecular weight is 252 g/mol. The number of nitrogens with zero attached hydrogens (tertiary/aromatic N) is 2. The van der Waals surface area contributed by atoms with E-state index >= 15 is 0 Å². The van der Waals surface area contributed by atoms with Crippen molar-refractivity contribution in [2.24, 2.45) is 0 Å². The second-order valence-electron chi connectivity index (χ2n) is 4.22. The van der Waals surface area contributed by atoms with Crippen LogP contribution in [-0.4, -0.2) is 36.1 Å². The molecule has 4 heteroatoms. The Balaban J connectivity index is 2.21. The van der Waals surface area contributed by atoms with E-state index in [0.29, 0.717) is 6.04 Å². The van der Waals surface area contributed by atoms with Crippen LogP contribution in [0.25, 0.3) is 0 Å². The first-order valence-electron chi connectivity index (χ1n) is 5.98. The van der Waals surface area contributed by atoms with Crippen molar-refractivity contribution in [3.63, 3.8) is 0 Å². The van der Waals surface area contributed by atoms with Crippen LogP contribution in [0.2, 0.25) is 5.02 Å². The van der Waals surface area contributed by atoms with Gasteiger partial charge in [-0.1, -0.05) is 17.7 Å². The Kier molecular flexibility index (Phi) is 4.54. The van der Waals surface area contributed by atoms with E-state index < -0.39 is 0 Å². The van der Waals surface area contributed by atoms with Gasteiger partial charge >= 0.3 is 0 Å². The SMILES string of the molecule is C=CC[C@H](c1ccncc1Cl)N1CCNCC1. The zero-order valence-electron chi connectivity index (χ0n) is 9.90. The molecule has 0 bridgehead atoms. The van der Waals surface area contributed by atoms with Gasteiger partial charge < -0.3 is 5.32 Å². The minimum absolute atomic E-state index is 0.324. The highest BCUT2D eigenvalue weighted by Crippen LogP contribution is 2.29. The van der Waals surface area contributed by atoms with Gasteiger partial charge in [-0.25, -0.2) is 0 Å². The summed E-state index contributed by atoms with van der Waals surface area (Å²) in [5.41, 5.74) is 1.16. The molecule has 1 N–H and O–H groups in total. The molecule has 0 unspecified atom stereocenters. The first-order valence-corrected chi connectivity index (χ1v) is 6.36. The van der Waals surface area contributed by atoms with Gasteiger partial charge in [0.1, 0.15) is 0 Å². The van der Waals surface area contributed by atoms with Crippen LogP contribution in [0.1, 0.15) is 18.0 Å². The topological polar surface area (TPSA) is 28.2 Å². The average Bonchev–Trinajstić information content (AvgIpc) is 2.38. The molecule has 17 heavy (non-hydrogen) atoms. The molecule has 1 atom stereocenters. The molecule has 2 heterocycles. The third-order valence-corrected chi connectivity index (χ3v) is 3.46. The second-order valence-corrected chi connectivity index (χ2v) is 4.63. The Hall–Kier alpha value is -0.900. The minimum Gasteiger partial charge on any atom is -0.314 e. The number of piperazine rings is 1. The van der Waals surface area contributed by atoms with Gasteiger partial charge in [0.2, 0.25) is 0 Å². The maximum atomic E-state index is 6.23. The Labute approximate surface area is 107 Å². The quantitative estimate of drug-likeness (QED) is 0.832. The van der Waals surface area contributed by atoms with Crippen LogP contribution in [0.3, 0.4) is 0 Å². The smallest absolute Gasteiger partial charge is 0.0637 e. The largest absolute Gasteiger partial charge is 0.314 e. The molecule has 1 aliphatic heterocycles. The number of pyridine rings is 1. The van der Waals surface area contributed by atoms with Gasteiger partial charge in [-0.15, -0.1) is 6.58 Å². The Morgan fingerprint density at radius 1 is 1.53 bits per heavy atom. The Bertz CT molecular complexity index is 375. The normalized spacial score (nSPS) is 18.9. The van der Waals surface area contributed by atoms with Crippen LogP contribution in [0.4, 0.5) is 0 Å². The van der Waals surface area contributed by atoms with E-state index in [1.807, 2.05) is 12.1 Å². The van der Waals surface area contributed by atoms with Crippen LogP contribution >= 0.6 is 11.6 Å². The highest BCUT2D eigenvalue weighted by atomic mass is 35.5. The van der Waals surface area contributed by atoms with Gasteiger partial charge in [0.25, 0.3) is 0 Å². The number of rotatable bonds is 4. The first kappa shape index (κ1) is 12.6. The summed E-state index contributed by atoms with van der Waals surface area (Å²) in [6.07, 6.45) is 6.40. The summed E-state index contributed by atoms with van der Waals surface area (Å²) in [5, 5.41) is 4.11. The molecule has 0 radical (unpaired) electrons. The number of halogens is 1. The molecule has 0 aromatic carbocycles. The van der Waals surface area contributed by atoms with Gasteiger partial charge in [-0.05, 0) is 18.1 Å². The fraction of sp³-hybridized carbons (Fsp3) is 0.462. The molecular formula is C13H18ClN3. The predicted molar refractivity (Wildman–Crippen MR) is 71.2 cm³/mol. The summed E-state index contributed by atoms with van der Waals surface area (Å²) in [5.74, 6) is 0. The van der Waals surface area contributed by atoms with E-state index in [9.17, 15) is 0 Å². The van der Waals surface area contributed by atoms with Crippen molar-refractivity contribution in [1.82, 2.24) is 15.2 Å². The van der Waals surface area contributed by atoms with Crippen molar-refractivity contribution >= 4 is 11.6 Å². The van der Waals surface area contributed by atoms with Gasteiger partial charge in [-0.3, -0.25) is 9.88 Å². The highest BCUT2D eigenvalue weighted by molar-refractivity contribution is 6.31. The zero-order valence-corrected chi connectivity index (χ0v) is 10.7. The summed E-state index contributed by atoms with van der Waals surface area (Å²) in [4.78, 5) is 6.50. The van der Waals surface area contributed by atoms with Gasteiger partial charge in [-0.2, -0.15) is 0 Å². The van der Waals surface area contributed by atoms with Gasteiger partial charge in [0.05, 0.1) is 5.02 Å². The molecule has 1 aromatic heterocycles. The molecule has 92 valence electrons. The Morgan fingerprint density at radius 3 is 2.94 bits per heavy atom. The van der Waals surface area contributed by atoms with E-state index in [1.165, 1.54) is 0 Å². The van der Waals surface area contributed by atoms with E-state index in [1.54, 1.807) is 12.4 Å². The third kappa shape index (κ3) is 3.06. The van der Waals surface area contributed by atoms with Crippen molar-refractivity contribution in [3.05, 3.63) is 41.7 Å².